The molecule has 3 rings (SSSR count). The lowest BCUT2D eigenvalue weighted by Gasteiger charge is -2.27. The first-order valence-corrected chi connectivity index (χ1v) is 11.6. The molecule has 0 aliphatic heterocycles. The van der Waals surface area contributed by atoms with Crippen molar-refractivity contribution in [2.45, 2.75) is 35.1 Å². The Balaban J connectivity index is 1.67. The first kappa shape index (κ1) is 19.9. The van der Waals surface area contributed by atoms with Gasteiger partial charge < -0.3 is 5.32 Å². The molecule has 1 atom stereocenters. The summed E-state index contributed by atoms with van der Waals surface area (Å²) in [5, 5.41) is 3.00. The summed E-state index contributed by atoms with van der Waals surface area (Å²) in [5.74, 6) is -0.288. The van der Waals surface area contributed by atoms with E-state index >= 15 is 0 Å². The second-order valence-electron chi connectivity index (χ2n) is 6.65. The van der Waals surface area contributed by atoms with Crippen molar-refractivity contribution < 1.29 is 13.2 Å². The zero-order chi connectivity index (χ0) is 19.4. The van der Waals surface area contributed by atoms with Crippen LogP contribution in [0.2, 0.25) is 0 Å². The largest absolute Gasteiger partial charge is 0.348 e. The summed E-state index contributed by atoms with van der Waals surface area (Å²) in [6, 6.07) is 14.7. The summed E-state index contributed by atoms with van der Waals surface area (Å²) in [5.41, 5.74) is 2.39. The molecule has 27 heavy (non-hydrogen) atoms. The molecular formula is C20H24N2O3S2. The number of carbonyl (C=O) groups excluding carboxylic acids is 1. The van der Waals surface area contributed by atoms with Crippen LogP contribution in [0, 0.1) is 0 Å². The molecule has 0 aromatic heterocycles. The third kappa shape index (κ3) is 4.54. The van der Waals surface area contributed by atoms with E-state index < -0.39 is 10.0 Å². The number of hydrogen-bond donors (Lipinski definition) is 1. The molecule has 144 valence electrons. The number of thioether (sulfide) groups is 1. The first-order chi connectivity index (χ1) is 12.9. The minimum absolute atomic E-state index is 0.0561. The fourth-order valence-electron chi connectivity index (χ4n) is 3.36. The highest BCUT2D eigenvalue weighted by atomic mass is 32.2. The van der Waals surface area contributed by atoms with E-state index in [1.165, 1.54) is 12.6 Å². The fraction of sp³-hybridized carbons (Fsp3) is 0.350. The van der Waals surface area contributed by atoms with Gasteiger partial charge in [-0.15, -0.1) is 11.8 Å². The van der Waals surface area contributed by atoms with Gasteiger partial charge in [-0.25, -0.2) is 8.42 Å². The Kier molecular flexibility index (Phi) is 6.24. The fourth-order valence-corrected chi connectivity index (χ4v) is 4.89. The zero-order valence-electron chi connectivity index (χ0n) is 15.5. The van der Waals surface area contributed by atoms with Crippen LogP contribution in [0.1, 0.15) is 30.0 Å². The van der Waals surface area contributed by atoms with Gasteiger partial charge >= 0.3 is 0 Å². The average Bonchev–Trinajstić information content (AvgIpc) is 2.68. The van der Waals surface area contributed by atoms with Crippen LogP contribution < -0.4 is 5.32 Å². The number of fused-ring (bicyclic) bond motifs is 1. The van der Waals surface area contributed by atoms with Gasteiger partial charge in [0.2, 0.25) is 15.9 Å². The quantitative estimate of drug-likeness (QED) is 0.751. The van der Waals surface area contributed by atoms with Crippen LogP contribution in [0.3, 0.4) is 0 Å². The van der Waals surface area contributed by atoms with Gasteiger partial charge in [-0.05, 0) is 60.9 Å². The van der Waals surface area contributed by atoms with Crippen molar-refractivity contribution in [3.8, 4) is 0 Å². The number of amides is 1. The van der Waals surface area contributed by atoms with Crippen molar-refractivity contribution in [2.24, 2.45) is 0 Å². The van der Waals surface area contributed by atoms with Crippen molar-refractivity contribution in [3.63, 3.8) is 0 Å². The Hall–Kier alpha value is -1.83. The predicted molar refractivity (Wildman–Crippen MR) is 108 cm³/mol. The molecule has 1 N–H and O–H groups in total. The van der Waals surface area contributed by atoms with Crippen LogP contribution in [-0.4, -0.2) is 38.5 Å². The Morgan fingerprint density at radius 3 is 2.59 bits per heavy atom. The zero-order valence-corrected chi connectivity index (χ0v) is 17.1. The van der Waals surface area contributed by atoms with Crippen molar-refractivity contribution >= 4 is 27.7 Å². The van der Waals surface area contributed by atoms with Gasteiger partial charge in [0.1, 0.15) is 0 Å². The van der Waals surface area contributed by atoms with E-state index in [2.05, 4.69) is 11.4 Å². The van der Waals surface area contributed by atoms with Crippen LogP contribution in [0.5, 0.6) is 0 Å². The summed E-state index contributed by atoms with van der Waals surface area (Å²) in [4.78, 5) is 13.7. The lowest BCUT2D eigenvalue weighted by molar-refractivity contribution is -0.122. The highest BCUT2D eigenvalue weighted by molar-refractivity contribution is 7.98. The van der Waals surface area contributed by atoms with Gasteiger partial charge in [0.15, 0.2) is 0 Å². The molecule has 2 aromatic rings. The van der Waals surface area contributed by atoms with Crippen molar-refractivity contribution in [1.29, 1.82) is 0 Å². The Morgan fingerprint density at radius 1 is 1.19 bits per heavy atom. The van der Waals surface area contributed by atoms with Crippen LogP contribution >= 0.6 is 11.8 Å². The van der Waals surface area contributed by atoms with E-state index in [0.717, 1.165) is 34.0 Å². The number of likely N-dealkylation sites (N-methyl/N-ethyl adjacent to an activating group) is 1. The maximum Gasteiger partial charge on any atom is 0.243 e. The van der Waals surface area contributed by atoms with Gasteiger partial charge in [-0.2, -0.15) is 4.31 Å². The van der Waals surface area contributed by atoms with E-state index in [9.17, 15) is 13.2 Å². The summed E-state index contributed by atoms with van der Waals surface area (Å²) in [7, 11) is -2.26. The van der Waals surface area contributed by atoms with Crippen molar-refractivity contribution in [2.75, 3.05) is 19.8 Å². The smallest absolute Gasteiger partial charge is 0.243 e. The molecule has 0 bridgehead atoms. The van der Waals surface area contributed by atoms with Crippen LogP contribution in [0.25, 0.3) is 0 Å². The third-order valence-corrected chi connectivity index (χ3v) is 7.40. The molecular weight excluding hydrogens is 380 g/mol. The molecule has 0 radical (unpaired) electrons. The van der Waals surface area contributed by atoms with Gasteiger partial charge in [0.25, 0.3) is 0 Å². The van der Waals surface area contributed by atoms with Crippen LogP contribution in [0.15, 0.2) is 58.3 Å². The number of nitrogens with zero attached hydrogens (tertiary/aromatic N) is 1. The second kappa shape index (κ2) is 8.46. The molecule has 1 aliphatic rings. The third-order valence-electron chi connectivity index (χ3n) is 4.84. The number of sulfonamides is 1. The topological polar surface area (TPSA) is 66.5 Å². The summed E-state index contributed by atoms with van der Waals surface area (Å²) in [6.07, 6.45) is 4.83. The highest BCUT2D eigenvalue weighted by Gasteiger charge is 2.26. The average molecular weight is 405 g/mol. The Bertz CT molecular complexity index is 911. The second-order valence-corrected chi connectivity index (χ2v) is 9.57. The molecule has 1 amide bonds. The van der Waals surface area contributed by atoms with Gasteiger partial charge in [0, 0.05) is 11.9 Å². The maximum atomic E-state index is 12.7. The van der Waals surface area contributed by atoms with Gasteiger partial charge in [-0.3, -0.25) is 4.79 Å². The van der Waals surface area contributed by atoms with E-state index in [4.69, 9.17) is 0 Å². The molecule has 0 unspecified atom stereocenters. The number of carbonyl (C=O) groups is 1. The lowest BCUT2D eigenvalue weighted by Crippen LogP contribution is -2.40. The Labute approximate surface area is 165 Å². The van der Waals surface area contributed by atoms with E-state index in [1.54, 1.807) is 36.0 Å². The SMILES string of the molecule is CSc1ccc(S(=O)(=O)N(C)CC(=O)N[C@@H]2CCCc3ccccc32)cc1. The summed E-state index contributed by atoms with van der Waals surface area (Å²) >= 11 is 1.55. The minimum atomic E-state index is -3.70. The molecule has 0 spiro atoms. The standard InChI is InChI=1S/C20H24N2O3S2/c1-22(27(24,25)17-12-10-16(26-2)11-13-17)14-20(23)21-19-9-5-7-15-6-3-4-8-18(15)19/h3-4,6,8,10-13,19H,5,7,9,14H2,1-2H3,(H,21,23)/t19-/m1/s1. The first-order valence-electron chi connectivity index (χ1n) is 8.89. The van der Waals surface area contributed by atoms with Crippen LogP contribution in [0.4, 0.5) is 0 Å². The molecule has 0 fully saturated rings. The normalized spacial score (nSPS) is 16.8. The number of benzene rings is 2. The summed E-state index contributed by atoms with van der Waals surface area (Å²) in [6.45, 7) is -0.203. The molecule has 0 heterocycles. The van der Waals surface area contributed by atoms with Gasteiger partial charge in [0.05, 0.1) is 17.5 Å². The molecule has 2 aromatic carbocycles. The molecule has 0 saturated heterocycles. The predicted octanol–water partition coefficient (Wildman–Crippen LogP) is 3.22. The molecule has 7 heteroatoms. The van der Waals surface area contributed by atoms with Gasteiger partial charge in [-0.1, -0.05) is 24.3 Å². The number of rotatable bonds is 6. The maximum absolute atomic E-state index is 12.7. The van der Waals surface area contributed by atoms with Crippen molar-refractivity contribution in [3.05, 3.63) is 59.7 Å². The lowest BCUT2D eigenvalue weighted by atomic mass is 9.88. The Morgan fingerprint density at radius 2 is 1.89 bits per heavy atom. The molecule has 0 saturated carbocycles. The minimum Gasteiger partial charge on any atom is -0.348 e. The van der Waals surface area contributed by atoms with E-state index in [0.29, 0.717) is 0 Å². The van der Waals surface area contributed by atoms with Crippen molar-refractivity contribution in [1.82, 2.24) is 9.62 Å². The van der Waals surface area contributed by atoms with Crippen LogP contribution in [-0.2, 0) is 21.2 Å². The highest BCUT2D eigenvalue weighted by Crippen LogP contribution is 2.29. The van der Waals surface area contributed by atoms with E-state index in [-0.39, 0.29) is 23.4 Å². The number of aryl methyl sites for hydroxylation is 1. The number of nitrogens with one attached hydrogen (secondary N) is 1. The number of hydrogen-bond acceptors (Lipinski definition) is 4. The monoisotopic (exact) mass is 404 g/mol. The molecule has 5 nitrogen and oxygen atoms in total. The van der Waals surface area contributed by atoms with E-state index in [1.807, 2.05) is 24.5 Å². The molecule has 1 aliphatic carbocycles. The summed E-state index contributed by atoms with van der Waals surface area (Å²) < 4.78 is 26.5.